The highest BCUT2D eigenvalue weighted by Gasteiger charge is 2.18. The molecule has 22 heavy (non-hydrogen) atoms. The first kappa shape index (κ1) is 17.1. The number of halogens is 1. The fourth-order valence-electron chi connectivity index (χ4n) is 2.77. The average molecular weight is 324 g/mol. The second-order valence-electron chi connectivity index (χ2n) is 5.78. The van der Waals surface area contributed by atoms with E-state index >= 15 is 0 Å². The fraction of sp³-hybridized carbons (Fsp3) is 0.588. The zero-order chi connectivity index (χ0) is 15.8. The minimum atomic E-state index is 0.617. The largest absolute Gasteiger partial charge is 0.381 e. The van der Waals surface area contributed by atoms with Crippen LogP contribution >= 0.6 is 11.6 Å². The van der Waals surface area contributed by atoms with E-state index in [1.807, 2.05) is 25.2 Å². The first-order chi connectivity index (χ1) is 10.7. The highest BCUT2D eigenvalue weighted by atomic mass is 35.5. The lowest BCUT2D eigenvalue weighted by atomic mass is 10.1. The molecular weight excluding hydrogens is 298 g/mol. The van der Waals surface area contributed by atoms with Gasteiger partial charge < -0.3 is 15.0 Å². The molecule has 0 aromatic heterocycles. The number of ether oxygens (including phenoxy) is 1. The molecular formula is C17H26ClN3O. The summed E-state index contributed by atoms with van der Waals surface area (Å²) < 4.78 is 5.43. The minimum Gasteiger partial charge on any atom is -0.381 e. The van der Waals surface area contributed by atoms with Gasteiger partial charge in [-0.3, -0.25) is 4.99 Å². The third kappa shape index (κ3) is 5.18. The first-order valence-electron chi connectivity index (χ1n) is 7.93. The summed E-state index contributed by atoms with van der Waals surface area (Å²) in [5, 5.41) is 4.28. The zero-order valence-electron chi connectivity index (χ0n) is 13.5. The topological polar surface area (TPSA) is 36.9 Å². The van der Waals surface area contributed by atoms with Gasteiger partial charge in [-0.15, -0.1) is 0 Å². The van der Waals surface area contributed by atoms with Gasteiger partial charge in [0.2, 0.25) is 0 Å². The molecule has 0 aliphatic carbocycles. The number of guanidine groups is 1. The fourth-order valence-corrected chi connectivity index (χ4v) is 3.00. The van der Waals surface area contributed by atoms with E-state index in [4.69, 9.17) is 16.3 Å². The van der Waals surface area contributed by atoms with Crippen molar-refractivity contribution in [2.24, 2.45) is 10.9 Å². The van der Waals surface area contributed by atoms with E-state index < -0.39 is 0 Å². The summed E-state index contributed by atoms with van der Waals surface area (Å²) in [6.07, 6.45) is 3.15. The molecule has 1 aliphatic rings. The summed E-state index contributed by atoms with van der Waals surface area (Å²) in [4.78, 5) is 6.55. The molecule has 2 rings (SSSR count). The SMILES string of the molecule is CN=C(NCCCc1ccccc1Cl)N(C)CC1CCOC1. The molecule has 0 spiro atoms. The van der Waals surface area contributed by atoms with E-state index in [-0.39, 0.29) is 0 Å². The number of benzene rings is 1. The van der Waals surface area contributed by atoms with E-state index in [0.29, 0.717) is 5.92 Å². The number of aryl methyl sites for hydroxylation is 1. The van der Waals surface area contributed by atoms with E-state index in [1.54, 1.807) is 0 Å². The highest BCUT2D eigenvalue weighted by Crippen LogP contribution is 2.16. The highest BCUT2D eigenvalue weighted by molar-refractivity contribution is 6.31. The van der Waals surface area contributed by atoms with Gasteiger partial charge in [0.1, 0.15) is 0 Å². The minimum absolute atomic E-state index is 0.617. The lowest BCUT2D eigenvalue weighted by molar-refractivity contribution is 0.181. The molecule has 0 saturated carbocycles. The van der Waals surface area contributed by atoms with Crippen LogP contribution in [0.25, 0.3) is 0 Å². The Kier molecular flexibility index (Phi) is 7.00. The lowest BCUT2D eigenvalue weighted by Crippen LogP contribution is -2.41. The summed E-state index contributed by atoms with van der Waals surface area (Å²) >= 11 is 6.17. The average Bonchev–Trinajstić information content (AvgIpc) is 3.02. The van der Waals surface area contributed by atoms with Crippen molar-refractivity contribution in [2.45, 2.75) is 19.3 Å². The Bertz CT molecular complexity index is 487. The third-order valence-electron chi connectivity index (χ3n) is 3.99. The van der Waals surface area contributed by atoms with Crippen LogP contribution < -0.4 is 5.32 Å². The first-order valence-corrected chi connectivity index (χ1v) is 8.31. The van der Waals surface area contributed by atoms with Crippen LogP contribution in [0, 0.1) is 5.92 Å². The summed E-state index contributed by atoms with van der Waals surface area (Å²) in [5.74, 6) is 1.57. The molecule has 1 atom stereocenters. The van der Waals surface area contributed by atoms with Crippen LogP contribution in [0.1, 0.15) is 18.4 Å². The zero-order valence-corrected chi connectivity index (χ0v) is 14.3. The molecule has 1 aromatic carbocycles. The van der Waals surface area contributed by atoms with Crippen LogP contribution in [-0.2, 0) is 11.2 Å². The molecule has 1 aliphatic heterocycles. The number of nitrogens with zero attached hydrogens (tertiary/aromatic N) is 2. The second kappa shape index (κ2) is 9.01. The number of hydrogen-bond acceptors (Lipinski definition) is 2. The smallest absolute Gasteiger partial charge is 0.193 e. The van der Waals surface area contributed by atoms with Crippen LogP contribution in [0.3, 0.4) is 0 Å². The molecule has 0 bridgehead atoms. The molecule has 0 amide bonds. The number of aliphatic imine (C=N–C) groups is 1. The van der Waals surface area contributed by atoms with Gasteiger partial charge >= 0.3 is 0 Å². The van der Waals surface area contributed by atoms with Crippen LogP contribution in [-0.4, -0.2) is 51.3 Å². The van der Waals surface area contributed by atoms with Crippen molar-refractivity contribution in [3.8, 4) is 0 Å². The molecule has 122 valence electrons. The van der Waals surface area contributed by atoms with Gasteiger partial charge in [0, 0.05) is 44.7 Å². The maximum Gasteiger partial charge on any atom is 0.193 e. The van der Waals surface area contributed by atoms with Gasteiger partial charge in [0.25, 0.3) is 0 Å². The Hall–Kier alpha value is -1.26. The van der Waals surface area contributed by atoms with Gasteiger partial charge in [-0.1, -0.05) is 29.8 Å². The quantitative estimate of drug-likeness (QED) is 0.497. The summed E-state index contributed by atoms with van der Waals surface area (Å²) in [5.41, 5.74) is 1.21. The molecule has 4 nitrogen and oxygen atoms in total. The van der Waals surface area contributed by atoms with Crippen molar-refractivity contribution in [3.63, 3.8) is 0 Å². The third-order valence-corrected chi connectivity index (χ3v) is 4.36. The van der Waals surface area contributed by atoms with Crippen LogP contribution in [0.15, 0.2) is 29.3 Å². The maximum absolute atomic E-state index is 6.17. The van der Waals surface area contributed by atoms with Crippen molar-refractivity contribution in [1.29, 1.82) is 0 Å². The molecule has 0 radical (unpaired) electrons. The molecule has 1 fully saturated rings. The van der Waals surface area contributed by atoms with Gasteiger partial charge in [0.05, 0.1) is 6.61 Å². The summed E-state index contributed by atoms with van der Waals surface area (Å²) in [6.45, 7) is 3.64. The van der Waals surface area contributed by atoms with Gasteiger partial charge in [0.15, 0.2) is 5.96 Å². The Morgan fingerprint density at radius 2 is 2.27 bits per heavy atom. The van der Waals surface area contributed by atoms with Gasteiger partial charge in [-0.05, 0) is 30.9 Å². The molecule has 1 saturated heterocycles. The summed E-state index contributed by atoms with van der Waals surface area (Å²) in [6, 6.07) is 8.03. The predicted octanol–water partition coefficient (Wildman–Crippen LogP) is 2.82. The summed E-state index contributed by atoms with van der Waals surface area (Å²) in [7, 11) is 3.92. The Morgan fingerprint density at radius 1 is 1.45 bits per heavy atom. The van der Waals surface area contributed by atoms with E-state index in [2.05, 4.69) is 28.3 Å². The van der Waals surface area contributed by atoms with Crippen LogP contribution in [0.2, 0.25) is 5.02 Å². The molecule has 1 N–H and O–H groups in total. The normalized spacial score (nSPS) is 18.5. The van der Waals surface area contributed by atoms with Crippen LogP contribution in [0.4, 0.5) is 0 Å². The van der Waals surface area contributed by atoms with Crippen molar-refractivity contribution in [3.05, 3.63) is 34.9 Å². The van der Waals surface area contributed by atoms with Crippen LogP contribution in [0.5, 0.6) is 0 Å². The Morgan fingerprint density at radius 3 is 2.95 bits per heavy atom. The standard InChI is InChI=1S/C17H26ClN3O/c1-19-17(21(2)12-14-9-11-22-13-14)20-10-5-7-15-6-3-4-8-16(15)18/h3-4,6,8,14H,5,7,9-13H2,1-2H3,(H,19,20). The Labute approximate surface area is 138 Å². The molecule has 5 heteroatoms. The van der Waals surface area contributed by atoms with Gasteiger partial charge in [-0.25, -0.2) is 0 Å². The van der Waals surface area contributed by atoms with E-state index in [0.717, 1.165) is 56.5 Å². The van der Waals surface area contributed by atoms with Crippen molar-refractivity contribution >= 4 is 17.6 Å². The number of nitrogens with one attached hydrogen (secondary N) is 1. The van der Waals surface area contributed by atoms with Gasteiger partial charge in [-0.2, -0.15) is 0 Å². The molecule has 1 heterocycles. The Balaban J connectivity index is 1.70. The monoisotopic (exact) mass is 323 g/mol. The number of hydrogen-bond donors (Lipinski definition) is 1. The van der Waals surface area contributed by atoms with Crippen molar-refractivity contribution in [2.75, 3.05) is 40.4 Å². The predicted molar refractivity (Wildman–Crippen MR) is 92.7 cm³/mol. The second-order valence-corrected chi connectivity index (χ2v) is 6.19. The van der Waals surface area contributed by atoms with E-state index in [1.165, 1.54) is 5.56 Å². The van der Waals surface area contributed by atoms with Crippen molar-refractivity contribution in [1.82, 2.24) is 10.2 Å². The molecule has 1 aromatic rings. The van der Waals surface area contributed by atoms with E-state index in [9.17, 15) is 0 Å². The maximum atomic E-state index is 6.17. The van der Waals surface area contributed by atoms with Crippen molar-refractivity contribution < 1.29 is 4.74 Å². The number of rotatable bonds is 6. The molecule has 1 unspecified atom stereocenters. The lowest BCUT2D eigenvalue weighted by Gasteiger charge is -2.24.